The van der Waals surface area contributed by atoms with Crippen LogP contribution in [-0.2, 0) is 9.59 Å². The van der Waals surface area contributed by atoms with E-state index in [2.05, 4.69) is 21.2 Å². The van der Waals surface area contributed by atoms with Gasteiger partial charge in [-0.2, -0.15) is 0 Å². The standard InChI is InChI=1S/C11H10BrN3O3/c12-6-1-2-7(8(13)3-6)11(18)15-4-9(16)14-10(17)5-15/h1-3H,4-5,13H2,(H,14,16,17). The van der Waals surface area contributed by atoms with Gasteiger partial charge in [0, 0.05) is 10.2 Å². The molecule has 0 radical (unpaired) electrons. The van der Waals surface area contributed by atoms with Crippen molar-refractivity contribution in [2.75, 3.05) is 18.8 Å². The summed E-state index contributed by atoms with van der Waals surface area (Å²) in [7, 11) is 0. The highest BCUT2D eigenvalue weighted by Crippen LogP contribution is 2.20. The maximum absolute atomic E-state index is 12.1. The summed E-state index contributed by atoms with van der Waals surface area (Å²) >= 11 is 3.24. The predicted molar refractivity (Wildman–Crippen MR) is 67.6 cm³/mol. The number of benzene rings is 1. The number of hydrogen-bond donors (Lipinski definition) is 2. The molecule has 1 fully saturated rings. The topological polar surface area (TPSA) is 92.5 Å². The first-order valence-electron chi connectivity index (χ1n) is 5.14. The number of hydrogen-bond acceptors (Lipinski definition) is 4. The van der Waals surface area contributed by atoms with Gasteiger partial charge in [-0.3, -0.25) is 19.7 Å². The highest BCUT2D eigenvalue weighted by molar-refractivity contribution is 9.10. The second-order valence-electron chi connectivity index (χ2n) is 3.86. The lowest BCUT2D eigenvalue weighted by Gasteiger charge is -2.25. The average molecular weight is 312 g/mol. The smallest absolute Gasteiger partial charge is 0.256 e. The molecule has 1 saturated heterocycles. The Kier molecular flexibility index (Phi) is 3.33. The van der Waals surface area contributed by atoms with E-state index in [-0.39, 0.29) is 18.7 Å². The molecule has 0 aliphatic carbocycles. The summed E-state index contributed by atoms with van der Waals surface area (Å²) in [6.07, 6.45) is 0. The zero-order valence-corrected chi connectivity index (χ0v) is 10.9. The number of carbonyl (C=O) groups is 3. The Bertz CT molecular complexity index is 528. The van der Waals surface area contributed by atoms with Gasteiger partial charge >= 0.3 is 0 Å². The van der Waals surface area contributed by atoms with Crippen LogP contribution in [0.5, 0.6) is 0 Å². The molecule has 0 bridgehead atoms. The maximum atomic E-state index is 12.1. The third-order valence-corrected chi connectivity index (χ3v) is 2.97. The minimum atomic E-state index is -0.490. The summed E-state index contributed by atoms with van der Waals surface area (Å²) in [6, 6.07) is 4.83. The van der Waals surface area contributed by atoms with E-state index in [1.54, 1.807) is 18.2 Å². The van der Waals surface area contributed by atoms with Gasteiger partial charge < -0.3 is 10.6 Å². The third-order valence-electron chi connectivity index (χ3n) is 2.48. The van der Waals surface area contributed by atoms with E-state index in [1.165, 1.54) is 4.90 Å². The molecule has 3 amide bonds. The molecule has 1 heterocycles. The lowest BCUT2D eigenvalue weighted by molar-refractivity contribution is -0.135. The van der Waals surface area contributed by atoms with Crippen molar-refractivity contribution in [3.8, 4) is 0 Å². The van der Waals surface area contributed by atoms with E-state index < -0.39 is 17.7 Å². The van der Waals surface area contributed by atoms with Crippen LogP contribution in [0.1, 0.15) is 10.4 Å². The van der Waals surface area contributed by atoms with Crippen molar-refractivity contribution in [1.29, 1.82) is 0 Å². The molecule has 1 aliphatic heterocycles. The minimum Gasteiger partial charge on any atom is -0.398 e. The molecule has 0 atom stereocenters. The molecule has 1 aliphatic rings. The molecular weight excluding hydrogens is 302 g/mol. The third kappa shape index (κ3) is 2.51. The quantitative estimate of drug-likeness (QED) is 0.569. The van der Waals surface area contributed by atoms with Crippen molar-refractivity contribution < 1.29 is 14.4 Å². The van der Waals surface area contributed by atoms with Gasteiger partial charge in [0.15, 0.2) is 0 Å². The lowest BCUT2D eigenvalue weighted by atomic mass is 10.1. The molecule has 94 valence electrons. The Morgan fingerprint density at radius 1 is 1.28 bits per heavy atom. The number of halogens is 1. The zero-order valence-electron chi connectivity index (χ0n) is 9.27. The zero-order chi connectivity index (χ0) is 13.3. The molecular formula is C11H10BrN3O3. The van der Waals surface area contributed by atoms with Crippen molar-refractivity contribution >= 4 is 39.3 Å². The minimum absolute atomic E-state index is 0.139. The average Bonchev–Trinajstić information content (AvgIpc) is 2.26. The molecule has 1 aromatic carbocycles. The monoisotopic (exact) mass is 311 g/mol. The number of amides is 3. The van der Waals surface area contributed by atoms with Gasteiger partial charge in [-0.15, -0.1) is 0 Å². The fourth-order valence-corrected chi connectivity index (χ4v) is 2.06. The van der Waals surface area contributed by atoms with E-state index >= 15 is 0 Å². The number of nitrogens with two attached hydrogens (primary N) is 1. The summed E-state index contributed by atoms with van der Waals surface area (Å²) in [5.41, 5.74) is 6.31. The second-order valence-corrected chi connectivity index (χ2v) is 4.78. The number of nitrogen functional groups attached to an aromatic ring is 1. The lowest BCUT2D eigenvalue weighted by Crippen LogP contribution is -2.53. The predicted octanol–water partition coefficient (Wildman–Crippen LogP) is 0.130. The van der Waals surface area contributed by atoms with Gasteiger partial charge in [-0.25, -0.2) is 0 Å². The largest absolute Gasteiger partial charge is 0.398 e. The van der Waals surface area contributed by atoms with E-state index in [0.29, 0.717) is 5.69 Å². The van der Waals surface area contributed by atoms with Crippen molar-refractivity contribution in [2.45, 2.75) is 0 Å². The van der Waals surface area contributed by atoms with Gasteiger partial charge in [0.05, 0.1) is 5.56 Å². The molecule has 0 unspecified atom stereocenters. The van der Waals surface area contributed by atoms with Crippen LogP contribution in [-0.4, -0.2) is 35.7 Å². The van der Waals surface area contributed by atoms with Gasteiger partial charge in [0.2, 0.25) is 11.8 Å². The van der Waals surface area contributed by atoms with Gasteiger partial charge in [0.25, 0.3) is 5.91 Å². The normalized spacial score (nSPS) is 15.5. The first-order chi connectivity index (χ1) is 8.47. The second kappa shape index (κ2) is 4.77. The van der Waals surface area contributed by atoms with E-state index in [0.717, 1.165) is 4.47 Å². The highest BCUT2D eigenvalue weighted by atomic mass is 79.9. The summed E-state index contributed by atoms with van der Waals surface area (Å²) in [5.74, 6) is -1.41. The molecule has 0 spiro atoms. The van der Waals surface area contributed by atoms with Crippen LogP contribution in [0, 0.1) is 0 Å². The highest BCUT2D eigenvalue weighted by Gasteiger charge is 2.27. The van der Waals surface area contributed by atoms with Gasteiger partial charge in [0.1, 0.15) is 13.1 Å². The number of nitrogens with zero attached hydrogens (tertiary/aromatic N) is 1. The van der Waals surface area contributed by atoms with Crippen LogP contribution in [0.4, 0.5) is 5.69 Å². The number of nitrogens with one attached hydrogen (secondary N) is 1. The number of rotatable bonds is 1. The van der Waals surface area contributed by atoms with Crippen LogP contribution < -0.4 is 11.1 Å². The summed E-state index contributed by atoms with van der Waals surface area (Å²) < 4.78 is 0.754. The maximum Gasteiger partial charge on any atom is 0.256 e. The Morgan fingerprint density at radius 3 is 2.44 bits per heavy atom. The molecule has 7 heteroatoms. The van der Waals surface area contributed by atoms with Crippen LogP contribution in [0.25, 0.3) is 0 Å². The Balaban J connectivity index is 2.25. The fourth-order valence-electron chi connectivity index (χ4n) is 1.68. The molecule has 0 saturated carbocycles. The van der Waals surface area contributed by atoms with E-state index in [9.17, 15) is 14.4 Å². The Hall–Kier alpha value is -1.89. The van der Waals surface area contributed by atoms with Crippen molar-refractivity contribution in [3.63, 3.8) is 0 Å². The van der Waals surface area contributed by atoms with Crippen molar-refractivity contribution in [2.24, 2.45) is 0 Å². The first-order valence-corrected chi connectivity index (χ1v) is 5.93. The van der Waals surface area contributed by atoms with Gasteiger partial charge in [-0.1, -0.05) is 15.9 Å². The molecule has 3 N–H and O–H groups in total. The van der Waals surface area contributed by atoms with Crippen LogP contribution in [0.3, 0.4) is 0 Å². The number of anilines is 1. The molecule has 2 rings (SSSR count). The molecule has 1 aromatic rings. The van der Waals surface area contributed by atoms with Crippen LogP contribution >= 0.6 is 15.9 Å². The summed E-state index contributed by atoms with van der Waals surface area (Å²) in [5, 5.41) is 2.13. The van der Waals surface area contributed by atoms with Crippen molar-refractivity contribution in [1.82, 2.24) is 10.2 Å². The number of carbonyl (C=O) groups excluding carboxylic acids is 3. The first kappa shape index (κ1) is 12.6. The van der Waals surface area contributed by atoms with Crippen molar-refractivity contribution in [3.05, 3.63) is 28.2 Å². The fraction of sp³-hybridized carbons (Fsp3) is 0.182. The Morgan fingerprint density at radius 2 is 1.89 bits per heavy atom. The van der Waals surface area contributed by atoms with E-state index in [1.807, 2.05) is 0 Å². The SMILES string of the molecule is Nc1cc(Br)ccc1C(=O)N1CC(=O)NC(=O)C1. The molecule has 18 heavy (non-hydrogen) atoms. The molecule has 0 aromatic heterocycles. The van der Waals surface area contributed by atoms with Gasteiger partial charge in [-0.05, 0) is 18.2 Å². The Labute approximate surface area is 111 Å². The van der Waals surface area contributed by atoms with Crippen LogP contribution in [0.2, 0.25) is 0 Å². The molecule has 6 nitrogen and oxygen atoms in total. The number of piperazine rings is 1. The number of imide groups is 1. The van der Waals surface area contributed by atoms with Crippen LogP contribution in [0.15, 0.2) is 22.7 Å². The summed E-state index contributed by atoms with van der Waals surface area (Å²) in [4.78, 5) is 35.7. The van der Waals surface area contributed by atoms with E-state index in [4.69, 9.17) is 5.73 Å². The summed E-state index contributed by atoms with van der Waals surface area (Å²) in [6.45, 7) is -0.278.